The molecule has 5 heteroatoms. The van der Waals surface area contributed by atoms with Crippen LogP contribution < -0.4 is 11.1 Å². The number of nitrogens with two attached hydrogens (primary N) is 1. The minimum atomic E-state index is -0.520. The van der Waals surface area contributed by atoms with Crippen molar-refractivity contribution in [2.75, 3.05) is 5.32 Å². The summed E-state index contributed by atoms with van der Waals surface area (Å²) < 4.78 is 1.15. The SMILES string of the molecule is CCC(C(=O)Nc1ccc(-c2cc3ccccc3s2)c(C(N)=O)c1)c1ccccc1. The van der Waals surface area contributed by atoms with Crippen molar-refractivity contribution in [3.05, 3.63) is 90.0 Å². The molecule has 30 heavy (non-hydrogen) atoms. The first kappa shape index (κ1) is 19.9. The second kappa shape index (κ2) is 8.51. The number of nitrogens with one attached hydrogen (secondary N) is 1. The summed E-state index contributed by atoms with van der Waals surface area (Å²) >= 11 is 1.61. The Labute approximate surface area is 179 Å². The molecule has 1 heterocycles. The molecule has 0 aliphatic rings. The van der Waals surface area contributed by atoms with Gasteiger partial charge in [-0.05, 0) is 41.6 Å². The number of hydrogen-bond donors (Lipinski definition) is 2. The molecule has 4 rings (SSSR count). The molecule has 0 aliphatic carbocycles. The van der Waals surface area contributed by atoms with Crippen LogP contribution in [0.2, 0.25) is 0 Å². The molecular formula is C25H22N2O2S. The van der Waals surface area contributed by atoms with Crippen LogP contribution in [0.4, 0.5) is 5.69 Å². The van der Waals surface area contributed by atoms with Gasteiger partial charge in [-0.25, -0.2) is 0 Å². The first-order valence-corrected chi connectivity index (χ1v) is 10.7. The maximum Gasteiger partial charge on any atom is 0.249 e. The highest BCUT2D eigenvalue weighted by atomic mass is 32.1. The van der Waals surface area contributed by atoms with E-state index in [0.717, 1.165) is 26.1 Å². The number of thiophene rings is 1. The van der Waals surface area contributed by atoms with Gasteiger partial charge in [-0.3, -0.25) is 9.59 Å². The molecule has 0 radical (unpaired) electrons. The third-order valence-electron chi connectivity index (χ3n) is 5.17. The Morgan fingerprint density at radius 1 is 0.967 bits per heavy atom. The number of benzene rings is 3. The van der Waals surface area contributed by atoms with Crippen LogP contribution in [0.3, 0.4) is 0 Å². The number of carbonyl (C=O) groups is 2. The first-order valence-electron chi connectivity index (χ1n) is 9.85. The Kier molecular flexibility index (Phi) is 5.63. The molecule has 3 aromatic carbocycles. The Morgan fingerprint density at radius 2 is 1.70 bits per heavy atom. The summed E-state index contributed by atoms with van der Waals surface area (Å²) in [6.07, 6.45) is 0.679. The van der Waals surface area contributed by atoms with Gasteiger partial charge in [0.05, 0.1) is 5.92 Å². The van der Waals surface area contributed by atoms with Crippen LogP contribution in [0.25, 0.3) is 20.5 Å². The van der Waals surface area contributed by atoms with Gasteiger partial charge in [-0.1, -0.05) is 61.5 Å². The Bertz CT molecular complexity index is 1180. The number of anilines is 1. The quantitative estimate of drug-likeness (QED) is 0.418. The van der Waals surface area contributed by atoms with Crippen LogP contribution in [-0.2, 0) is 4.79 Å². The summed E-state index contributed by atoms with van der Waals surface area (Å²) in [5.74, 6) is -0.882. The lowest BCUT2D eigenvalue weighted by atomic mass is 9.95. The minimum Gasteiger partial charge on any atom is -0.366 e. The topological polar surface area (TPSA) is 72.2 Å². The second-order valence-corrected chi connectivity index (χ2v) is 8.22. The van der Waals surface area contributed by atoms with Crippen molar-refractivity contribution in [3.63, 3.8) is 0 Å². The maximum atomic E-state index is 12.9. The van der Waals surface area contributed by atoms with Gasteiger partial charge in [0, 0.05) is 26.4 Å². The predicted octanol–water partition coefficient (Wildman–Crippen LogP) is 5.80. The lowest BCUT2D eigenvalue weighted by molar-refractivity contribution is -0.117. The third-order valence-corrected chi connectivity index (χ3v) is 6.32. The normalized spacial score (nSPS) is 11.9. The van der Waals surface area contributed by atoms with Gasteiger partial charge >= 0.3 is 0 Å². The number of amides is 2. The van der Waals surface area contributed by atoms with Gasteiger partial charge in [-0.15, -0.1) is 11.3 Å². The lowest BCUT2D eigenvalue weighted by Crippen LogP contribution is -2.21. The molecule has 4 aromatic rings. The van der Waals surface area contributed by atoms with E-state index in [-0.39, 0.29) is 11.8 Å². The highest BCUT2D eigenvalue weighted by Gasteiger charge is 2.20. The van der Waals surface area contributed by atoms with Crippen molar-refractivity contribution in [2.45, 2.75) is 19.3 Å². The average Bonchev–Trinajstić information content (AvgIpc) is 3.19. The van der Waals surface area contributed by atoms with E-state index in [9.17, 15) is 9.59 Å². The van der Waals surface area contributed by atoms with Gasteiger partial charge in [-0.2, -0.15) is 0 Å². The summed E-state index contributed by atoms with van der Waals surface area (Å²) in [6, 6.07) is 25.2. The summed E-state index contributed by atoms with van der Waals surface area (Å²) in [5, 5.41) is 4.07. The second-order valence-electron chi connectivity index (χ2n) is 7.13. The van der Waals surface area contributed by atoms with E-state index in [1.807, 2.05) is 67.6 Å². The molecule has 0 fully saturated rings. The average molecular weight is 415 g/mol. The van der Waals surface area contributed by atoms with Crippen LogP contribution in [0.1, 0.15) is 35.2 Å². The van der Waals surface area contributed by atoms with E-state index in [1.54, 1.807) is 17.4 Å². The lowest BCUT2D eigenvalue weighted by Gasteiger charge is -2.16. The fourth-order valence-electron chi connectivity index (χ4n) is 3.64. The smallest absolute Gasteiger partial charge is 0.249 e. The highest BCUT2D eigenvalue weighted by molar-refractivity contribution is 7.22. The van der Waals surface area contributed by atoms with Crippen molar-refractivity contribution >= 4 is 38.9 Å². The molecule has 1 atom stereocenters. The number of rotatable bonds is 6. The molecule has 0 aliphatic heterocycles. The Morgan fingerprint density at radius 3 is 2.40 bits per heavy atom. The Hall–Kier alpha value is -3.44. The van der Waals surface area contributed by atoms with Gasteiger partial charge in [0.2, 0.25) is 11.8 Å². The summed E-state index contributed by atoms with van der Waals surface area (Å²) in [5.41, 5.74) is 8.38. The zero-order chi connectivity index (χ0) is 21.1. The molecule has 0 spiro atoms. The number of fused-ring (bicyclic) bond motifs is 1. The van der Waals surface area contributed by atoms with Crippen LogP contribution >= 0.6 is 11.3 Å². The number of carbonyl (C=O) groups excluding carboxylic acids is 2. The van der Waals surface area contributed by atoms with Crippen LogP contribution in [0.15, 0.2) is 78.9 Å². The fourth-order valence-corrected chi connectivity index (χ4v) is 4.74. The zero-order valence-corrected chi connectivity index (χ0v) is 17.4. The zero-order valence-electron chi connectivity index (χ0n) is 16.6. The molecule has 0 saturated carbocycles. The Balaban J connectivity index is 1.65. The molecule has 4 nitrogen and oxygen atoms in total. The van der Waals surface area contributed by atoms with Gasteiger partial charge < -0.3 is 11.1 Å². The molecular weight excluding hydrogens is 392 g/mol. The van der Waals surface area contributed by atoms with Crippen molar-refractivity contribution in [2.24, 2.45) is 5.73 Å². The molecule has 1 aromatic heterocycles. The maximum absolute atomic E-state index is 12.9. The van der Waals surface area contributed by atoms with E-state index >= 15 is 0 Å². The molecule has 150 valence electrons. The highest BCUT2D eigenvalue weighted by Crippen LogP contribution is 2.36. The summed E-state index contributed by atoms with van der Waals surface area (Å²) in [4.78, 5) is 26.0. The van der Waals surface area contributed by atoms with Crippen LogP contribution in [0, 0.1) is 0 Å². The van der Waals surface area contributed by atoms with E-state index in [1.165, 1.54) is 0 Å². The summed E-state index contributed by atoms with van der Waals surface area (Å²) in [6.45, 7) is 1.98. The summed E-state index contributed by atoms with van der Waals surface area (Å²) in [7, 11) is 0. The van der Waals surface area contributed by atoms with Crippen LogP contribution in [0.5, 0.6) is 0 Å². The van der Waals surface area contributed by atoms with Crippen molar-refractivity contribution < 1.29 is 9.59 Å². The van der Waals surface area contributed by atoms with E-state index in [0.29, 0.717) is 17.7 Å². The monoisotopic (exact) mass is 414 g/mol. The third kappa shape index (κ3) is 3.98. The van der Waals surface area contributed by atoms with E-state index < -0.39 is 5.91 Å². The van der Waals surface area contributed by atoms with E-state index in [2.05, 4.69) is 17.4 Å². The standard InChI is InChI=1S/C25H22N2O2S/c1-2-19(16-8-4-3-5-9-16)25(29)27-18-12-13-20(21(15-18)24(26)28)23-14-17-10-6-7-11-22(17)30-23/h3-15,19H,2H2,1H3,(H2,26,28)(H,27,29). The molecule has 3 N–H and O–H groups in total. The molecule has 0 bridgehead atoms. The van der Waals surface area contributed by atoms with Crippen LogP contribution in [-0.4, -0.2) is 11.8 Å². The van der Waals surface area contributed by atoms with Crippen molar-refractivity contribution in [3.8, 4) is 10.4 Å². The van der Waals surface area contributed by atoms with Crippen molar-refractivity contribution in [1.29, 1.82) is 0 Å². The first-order chi connectivity index (χ1) is 14.6. The molecule has 1 unspecified atom stereocenters. The van der Waals surface area contributed by atoms with Gasteiger partial charge in [0.25, 0.3) is 0 Å². The number of primary amides is 1. The minimum absolute atomic E-state index is 0.103. The predicted molar refractivity (Wildman–Crippen MR) is 124 cm³/mol. The van der Waals surface area contributed by atoms with Gasteiger partial charge in [0.1, 0.15) is 0 Å². The van der Waals surface area contributed by atoms with Crippen molar-refractivity contribution in [1.82, 2.24) is 0 Å². The van der Waals surface area contributed by atoms with Gasteiger partial charge in [0.15, 0.2) is 0 Å². The number of hydrogen-bond acceptors (Lipinski definition) is 3. The fraction of sp³-hybridized carbons (Fsp3) is 0.120. The largest absolute Gasteiger partial charge is 0.366 e. The van der Waals surface area contributed by atoms with E-state index in [4.69, 9.17) is 5.73 Å². The molecule has 2 amide bonds. The molecule has 0 saturated heterocycles.